The molecule has 1 unspecified atom stereocenters. The molecule has 4 rings (SSSR count). The average molecular weight is 409 g/mol. The highest BCUT2D eigenvalue weighted by Gasteiger charge is 2.38. The molecule has 2 aliphatic heterocycles. The van der Waals surface area contributed by atoms with Gasteiger partial charge in [-0.15, -0.1) is 0 Å². The molecule has 1 atom stereocenters. The van der Waals surface area contributed by atoms with Gasteiger partial charge in [0.25, 0.3) is 0 Å². The molecule has 0 N–H and O–H groups in total. The fourth-order valence-corrected chi connectivity index (χ4v) is 4.25. The van der Waals surface area contributed by atoms with Gasteiger partial charge in [0, 0.05) is 57.1 Å². The van der Waals surface area contributed by atoms with Gasteiger partial charge in [0.05, 0.1) is 20.1 Å². The number of rotatable bonds is 4. The molecule has 2 aromatic carbocycles. The first kappa shape index (κ1) is 20.1. The molecule has 2 aromatic rings. The summed E-state index contributed by atoms with van der Waals surface area (Å²) in [6.45, 7) is 2.36. The lowest BCUT2D eigenvalue weighted by Gasteiger charge is -2.24. The second-order valence-corrected chi connectivity index (χ2v) is 7.75. The lowest BCUT2D eigenvalue weighted by Crippen LogP contribution is -2.39. The summed E-state index contributed by atoms with van der Waals surface area (Å²) in [5.74, 6) is 0.808. The Bertz CT molecular complexity index is 961. The predicted octanol–water partition coefficient (Wildman–Crippen LogP) is 2.54. The Kier molecular flexibility index (Phi) is 5.53. The van der Waals surface area contributed by atoms with E-state index in [0.717, 1.165) is 17.8 Å². The normalized spacial score (nSPS) is 18.8. The second kappa shape index (κ2) is 8.26. The van der Waals surface area contributed by atoms with Crippen LogP contribution in [-0.4, -0.2) is 57.6 Å². The maximum Gasteiger partial charge on any atom is 0.228 e. The van der Waals surface area contributed by atoms with E-state index in [1.54, 1.807) is 31.3 Å². The minimum absolute atomic E-state index is 0.0384. The molecule has 0 radical (unpaired) electrons. The van der Waals surface area contributed by atoms with Crippen LogP contribution in [0.15, 0.2) is 42.5 Å². The number of benzene rings is 2. The molecule has 7 heteroatoms. The van der Waals surface area contributed by atoms with Crippen molar-refractivity contribution < 1.29 is 19.1 Å². The van der Waals surface area contributed by atoms with E-state index in [2.05, 4.69) is 17.0 Å². The first-order valence-corrected chi connectivity index (χ1v) is 10.1. The minimum Gasteiger partial charge on any atom is -0.493 e. The number of carbonyl (C=O) groups excluding carboxylic acids is 2. The van der Waals surface area contributed by atoms with E-state index in [4.69, 9.17) is 9.47 Å². The van der Waals surface area contributed by atoms with Gasteiger partial charge in [-0.25, -0.2) is 0 Å². The predicted molar refractivity (Wildman–Crippen MR) is 115 cm³/mol. The summed E-state index contributed by atoms with van der Waals surface area (Å²) in [4.78, 5) is 31.8. The summed E-state index contributed by atoms with van der Waals surface area (Å²) in [7, 11) is 5.18. The second-order valence-electron chi connectivity index (χ2n) is 7.75. The van der Waals surface area contributed by atoms with Gasteiger partial charge >= 0.3 is 0 Å². The Morgan fingerprint density at radius 1 is 1.03 bits per heavy atom. The Hall–Kier alpha value is -3.22. The SMILES string of the molecule is COc1ccc(N2CC(C(=O)N3CCN(C)c4ccccc4C3)CC2=O)cc1OC. The van der Waals surface area contributed by atoms with E-state index in [0.29, 0.717) is 36.8 Å². The Morgan fingerprint density at radius 3 is 2.57 bits per heavy atom. The Morgan fingerprint density at radius 2 is 1.80 bits per heavy atom. The Balaban J connectivity index is 1.51. The molecule has 0 spiro atoms. The van der Waals surface area contributed by atoms with Gasteiger partial charge < -0.3 is 24.2 Å². The third-order valence-corrected chi connectivity index (χ3v) is 5.93. The van der Waals surface area contributed by atoms with Crippen molar-refractivity contribution in [3.63, 3.8) is 0 Å². The van der Waals surface area contributed by atoms with Crippen LogP contribution in [0.4, 0.5) is 11.4 Å². The molecular weight excluding hydrogens is 382 g/mol. The van der Waals surface area contributed by atoms with Gasteiger partial charge in [0.15, 0.2) is 11.5 Å². The molecule has 2 aliphatic rings. The van der Waals surface area contributed by atoms with Crippen molar-refractivity contribution in [2.75, 3.05) is 50.7 Å². The van der Waals surface area contributed by atoms with Crippen LogP contribution in [0.25, 0.3) is 0 Å². The van der Waals surface area contributed by atoms with Crippen molar-refractivity contribution in [2.45, 2.75) is 13.0 Å². The number of methoxy groups -OCH3 is 2. The number of carbonyl (C=O) groups is 2. The van der Waals surface area contributed by atoms with Gasteiger partial charge in [-0.2, -0.15) is 0 Å². The van der Waals surface area contributed by atoms with Gasteiger partial charge in [0.1, 0.15) is 0 Å². The van der Waals surface area contributed by atoms with E-state index < -0.39 is 0 Å². The lowest BCUT2D eigenvalue weighted by atomic mass is 10.1. The third-order valence-electron chi connectivity index (χ3n) is 5.93. The minimum atomic E-state index is -0.346. The van der Waals surface area contributed by atoms with E-state index >= 15 is 0 Å². The maximum atomic E-state index is 13.3. The first-order chi connectivity index (χ1) is 14.5. The number of hydrogen-bond donors (Lipinski definition) is 0. The van der Waals surface area contributed by atoms with Crippen LogP contribution >= 0.6 is 0 Å². The molecule has 0 saturated carbocycles. The monoisotopic (exact) mass is 409 g/mol. The number of amides is 2. The molecular formula is C23H27N3O4. The van der Waals surface area contributed by atoms with Crippen molar-refractivity contribution in [1.29, 1.82) is 0 Å². The Labute approximate surface area is 176 Å². The lowest BCUT2D eigenvalue weighted by molar-refractivity contribution is -0.136. The number of anilines is 2. The molecule has 2 heterocycles. The van der Waals surface area contributed by atoms with E-state index in [-0.39, 0.29) is 24.2 Å². The molecule has 0 bridgehead atoms. The maximum absolute atomic E-state index is 13.3. The quantitative estimate of drug-likeness (QED) is 0.777. The summed E-state index contributed by atoms with van der Waals surface area (Å²) in [5.41, 5.74) is 3.00. The van der Waals surface area contributed by atoms with Gasteiger partial charge in [0.2, 0.25) is 11.8 Å². The van der Waals surface area contributed by atoms with Crippen molar-refractivity contribution >= 4 is 23.2 Å². The number of para-hydroxylation sites is 1. The number of fused-ring (bicyclic) bond motifs is 1. The summed E-state index contributed by atoms with van der Waals surface area (Å²) in [6.07, 6.45) is 0.223. The summed E-state index contributed by atoms with van der Waals surface area (Å²) in [6, 6.07) is 13.5. The summed E-state index contributed by atoms with van der Waals surface area (Å²) < 4.78 is 10.6. The fourth-order valence-electron chi connectivity index (χ4n) is 4.25. The van der Waals surface area contributed by atoms with Crippen LogP contribution in [0.1, 0.15) is 12.0 Å². The first-order valence-electron chi connectivity index (χ1n) is 10.1. The molecule has 0 aliphatic carbocycles. The van der Waals surface area contributed by atoms with Crippen LogP contribution in [-0.2, 0) is 16.1 Å². The third kappa shape index (κ3) is 3.67. The van der Waals surface area contributed by atoms with Crippen molar-refractivity contribution in [1.82, 2.24) is 4.90 Å². The van der Waals surface area contributed by atoms with E-state index in [1.807, 2.05) is 30.1 Å². The van der Waals surface area contributed by atoms with Crippen LogP contribution < -0.4 is 19.3 Å². The highest BCUT2D eigenvalue weighted by Crippen LogP contribution is 2.35. The highest BCUT2D eigenvalue weighted by molar-refractivity contribution is 6.00. The molecule has 1 saturated heterocycles. The van der Waals surface area contributed by atoms with Gasteiger partial charge in [-0.05, 0) is 23.8 Å². The molecule has 158 valence electrons. The van der Waals surface area contributed by atoms with Crippen molar-refractivity contribution in [3.05, 3.63) is 48.0 Å². The standard InChI is InChI=1S/C23H27N3O4/c1-24-10-11-25(14-16-6-4-5-7-19(16)24)23(28)17-12-22(27)26(15-17)18-8-9-20(29-2)21(13-18)30-3/h4-9,13,17H,10-12,14-15H2,1-3H3. The molecule has 30 heavy (non-hydrogen) atoms. The van der Waals surface area contributed by atoms with Crippen LogP contribution in [0, 0.1) is 5.92 Å². The molecule has 2 amide bonds. The van der Waals surface area contributed by atoms with E-state index in [1.165, 1.54) is 0 Å². The van der Waals surface area contributed by atoms with Crippen LogP contribution in [0.3, 0.4) is 0 Å². The number of ether oxygens (including phenoxy) is 2. The van der Waals surface area contributed by atoms with Crippen LogP contribution in [0.5, 0.6) is 11.5 Å². The van der Waals surface area contributed by atoms with Gasteiger partial charge in [-0.1, -0.05) is 18.2 Å². The van der Waals surface area contributed by atoms with Gasteiger partial charge in [-0.3, -0.25) is 9.59 Å². The number of likely N-dealkylation sites (N-methyl/N-ethyl adjacent to an activating group) is 1. The summed E-state index contributed by atoms with van der Waals surface area (Å²) >= 11 is 0. The zero-order valence-electron chi connectivity index (χ0n) is 17.6. The topological polar surface area (TPSA) is 62.3 Å². The van der Waals surface area contributed by atoms with Crippen molar-refractivity contribution in [3.8, 4) is 11.5 Å². The zero-order chi connectivity index (χ0) is 21.3. The van der Waals surface area contributed by atoms with Crippen molar-refractivity contribution in [2.24, 2.45) is 5.92 Å². The number of nitrogens with zero attached hydrogens (tertiary/aromatic N) is 3. The molecule has 7 nitrogen and oxygen atoms in total. The van der Waals surface area contributed by atoms with E-state index in [9.17, 15) is 9.59 Å². The summed E-state index contributed by atoms with van der Waals surface area (Å²) in [5, 5.41) is 0. The average Bonchev–Trinajstić information content (AvgIpc) is 3.08. The molecule has 1 fully saturated rings. The number of hydrogen-bond acceptors (Lipinski definition) is 5. The zero-order valence-corrected chi connectivity index (χ0v) is 17.6. The van der Waals surface area contributed by atoms with Crippen LogP contribution in [0.2, 0.25) is 0 Å². The smallest absolute Gasteiger partial charge is 0.228 e. The largest absolute Gasteiger partial charge is 0.493 e. The molecule has 0 aromatic heterocycles. The highest BCUT2D eigenvalue weighted by atomic mass is 16.5. The fraction of sp³-hybridized carbons (Fsp3) is 0.391.